The summed E-state index contributed by atoms with van der Waals surface area (Å²) in [6.45, 7) is 6.49. The normalized spacial score (nSPS) is 22.1. The SMILES string of the molecule is Cc1ccc(OCC[C@@]23CC[C@@](C)(O2)c2c3c(O)n(-c3ccc(C#N)c4ccccc34)c2O)c(C)c1. The first-order valence-electron chi connectivity index (χ1n) is 12.3. The molecular weight excluding hydrogens is 452 g/mol. The first kappa shape index (κ1) is 22.5. The molecule has 0 radical (unpaired) electrons. The molecule has 3 heterocycles. The lowest BCUT2D eigenvalue weighted by Crippen LogP contribution is -2.25. The number of aromatic hydroxyl groups is 2. The second-order valence-corrected chi connectivity index (χ2v) is 10.2. The molecule has 0 spiro atoms. The van der Waals surface area contributed by atoms with Crippen LogP contribution in [0.2, 0.25) is 0 Å². The van der Waals surface area contributed by atoms with Crippen molar-refractivity contribution in [3.8, 4) is 29.3 Å². The molecule has 1 saturated heterocycles. The van der Waals surface area contributed by atoms with Crippen LogP contribution in [0.15, 0.2) is 54.6 Å². The van der Waals surface area contributed by atoms with E-state index in [0.717, 1.165) is 34.9 Å². The fraction of sp³-hybridized carbons (Fsp3) is 0.300. The fourth-order valence-electron chi connectivity index (χ4n) is 6.20. The van der Waals surface area contributed by atoms with E-state index in [1.807, 2.05) is 50.2 Å². The van der Waals surface area contributed by atoms with Crippen molar-refractivity contribution >= 4 is 10.8 Å². The molecule has 6 nitrogen and oxygen atoms in total. The standard InChI is InChI=1S/C30H28N2O4/c1-18-8-11-24(19(2)16-18)35-15-14-30-13-12-29(3,36-30)25-26(30)28(34)32(27(25)33)23-10-9-20(17-31)21-6-4-5-7-22(21)23/h4-11,16,33-34H,12-15H2,1-3H3/t29-,30-/m1/s1. The Morgan fingerprint density at radius 2 is 1.75 bits per heavy atom. The lowest BCUT2D eigenvalue weighted by atomic mass is 9.78. The van der Waals surface area contributed by atoms with Gasteiger partial charge in [-0.25, -0.2) is 0 Å². The number of fused-ring (bicyclic) bond motifs is 6. The molecule has 6 rings (SSSR count). The molecule has 6 heteroatoms. The van der Waals surface area contributed by atoms with Gasteiger partial charge in [-0.1, -0.05) is 42.0 Å². The Morgan fingerprint density at radius 3 is 2.50 bits per heavy atom. The molecule has 182 valence electrons. The predicted octanol–water partition coefficient (Wildman–Crippen LogP) is 6.23. The zero-order chi connectivity index (χ0) is 25.2. The Morgan fingerprint density at radius 1 is 1.00 bits per heavy atom. The molecule has 1 aromatic heterocycles. The van der Waals surface area contributed by atoms with Gasteiger partial charge in [0.2, 0.25) is 11.8 Å². The van der Waals surface area contributed by atoms with Gasteiger partial charge in [-0.3, -0.25) is 4.57 Å². The summed E-state index contributed by atoms with van der Waals surface area (Å²) in [6, 6.07) is 19.4. The van der Waals surface area contributed by atoms with Gasteiger partial charge < -0.3 is 19.7 Å². The van der Waals surface area contributed by atoms with Gasteiger partial charge in [0.15, 0.2) is 0 Å². The maximum Gasteiger partial charge on any atom is 0.205 e. The molecule has 2 bridgehead atoms. The van der Waals surface area contributed by atoms with Crippen LogP contribution >= 0.6 is 0 Å². The van der Waals surface area contributed by atoms with Crippen molar-refractivity contribution in [1.82, 2.24) is 4.57 Å². The minimum Gasteiger partial charge on any atom is -0.494 e. The number of ether oxygens (including phenoxy) is 2. The first-order chi connectivity index (χ1) is 17.3. The minimum absolute atomic E-state index is 0.0169. The van der Waals surface area contributed by atoms with E-state index in [2.05, 4.69) is 19.1 Å². The van der Waals surface area contributed by atoms with Gasteiger partial charge in [0, 0.05) is 17.2 Å². The first-order valence-corrected chi connectivity index (χ1v) is 12.3. The molecule has 0 unspecified atom stereocenters. The summed E-state index contributed by atoms with van der Waals surface area (Å²) in [5, 5.41) is 34.2. The maximum atomic E-state index is 11.6. The van der Waals surface area contributed by atoms with Crippen LogP contribution in [0.3, 0.4) is 0 Å². The van der Waals surface area contributed by atoms with Crippen molar-refractivity contribution in [2.24, 2.45) is 0 Å². The zero-order valence-electron chi connectivity index (χ0n) is 20.6. The zero-order valence-corrected chi connectivity index (χ0v) is 20.6. The smallest absolute Gasteiger partial charge is 0.205 e. The van der Waals surface area contributed by atoms with Gasteiger partial charge in [0.05, 0.1) is 40.7 Å². The lowest BCUT2D eigenvalue weighted by molar-refractivity contribution is -0.0876. The highest BCUT2D eigenvalue weighted by Crippen LogP contribution is 2.65. The topological polar surface area (TPSA) is 87.6 Å². The third-order valence-electron chi connectivity index (χ3n) is 7.89. The van der Waals surface area contributed by atoms with E-state index in [0.29, 0.717) is 35.4 Å². The second-order valence-electron chi connectivity index (χ2n) is 10.2. The Kier molecular flexibility index (Phi) is 4.86. The molecule has 0 amide bonds. The van der Waals surface area contributed by atoms with E-state index in [-0.39, 0.29) is 11.8 Å². The van der Waals surface area contributed by atoms with E-state index in [1.54, 1.807) is 12.1 Å². The predicted molar refractivity (Wildman–Crippen MR) is 137 cm³/mol. The van der Waals surface area contributed by atoms with Crippen molar-refractivity contribution < 1.29 is 19.7 Å². The van der Waals surface area contributed by atoms with E-state index in [4.69, 9.17) is 9.47 Å². The molecule has 0 saturated carbocycles. The maximum absolute atomic E-state index is 11.6. The fourth-order valence-corrected chi connectivity index (χ4v) is 6.20. The average molecular weight is 481 g/mol. The van der Waals surface area contributed by atoms with Crippen LogP contribution in [0.5, 0.6) is 17.5 Å². The summed E-state index contributed by atoms with van der Waals surface area (Å²) >= 11 is 0. The molecule has 4 aromatic rings. The molecule has 36 heavy (non-hydrogen) atoms. The highest BCUT2D eigenvalue weighted by Gasteiger charge is 2.61. The van der Waals surface area contributed by atoms with Gasteiger partial charge in [-0.05, 0) is 57.4 Å². The molecule has 1 fully saturated rings. The summed E-state index contributed by atoms with van der Waals surface area (Å²) in [4.78, 5) is 0. The number of hydrogen-bond donors (Lipinski definition) is 2. The van der Waals surface area contributed by atoms with Crippen LogP contribution in [0.1, 0.15) is 54.0 Å². The molecular formula is C30H28N2O4. The van der Waals surface area contributed by atoms with Crippen LogP contribution in [0.4, 0.5) is 0 Å². The highest BCUT2D eigenvalue weighted by atomic mass is 16.5. The van der Waals surface area contributed by atoms with Crippen LogP contribution in [0, 0.1) is 25.2 Å². The van der Waals surface area contributed by atoms with E-state index in [1.165, 1.54) is 10.1 Å². The number of nitriles is 1. The lowest BCUT2D eigenvalue weighted by Gasteiger charge is -2.26. The number of benzene rings is 3. The number of hydrogen-bond acceptors (Lipinski definition) is 5. The molecule has 0 aliphatic carbocycles. The molecule has 2 N–H and O–H groups in total. The van der Waals surface area contributed by atoms with Crippen molar-refractivity contribution in [2.75, 3.05) is 6.61 Å². The monoisotopic (exact) mass is 480 g/mol. The third kappa shape index (κ3) is 3.06. The van der Waals surface area contributed by atoms with Crippen LogP contribution in [0.25, 0.3) is 16.5 Å². The summed E-state index contributed by atoms with van der Waals surface area (Å²) in [5.41, 5.74) is 3.30. The highest BCUT2D eigenvalue weighted by molar-refractivity contribution is 5.95. The van der Waals surface area contributed by atoms with Crippen molar-refractivity contribution in [3.05, 3.63) is 82.4 Å². The third-order valence-corrected chi connectivity index (χ3v) is 7.89. The quantitative estimate of drug-likeness (QED) is 0.353. The van der Waals surface area contributed by atoms with Crippen LogP contribution in [-0.2, 0) is 15.9 Å². The van der Waals surface area contributed by atoms with Gasteiger partial charge in [0.25, 0.3) is 0 Å². The molecule has 3 aromatic carbocycles. The number of aromatic nitrogens is 1. The van der Waals surface area contributed by atoms with Gasteiger partial charge >= 0.3 is 0 Å². The number of aryl methyl sites for hydroxylation is 2. The number of nitrogens with zero attached hydrogens (tertiary/aromatic N) is 2. The Labute approximate surface area is 209 Å². The summed E-state index contributed by atoms with van der Waals surface area (Å²) in [7, 11) is 0. The Hall–Kier alpha value is -3.95. The molecule has 2 aliphatic rings. The number of rotatable bonds is 5. The minimum atomic E-state index is -0.738. The molecule has 2 aliphatic heterocycles. The summed E-state index contributed by atoms with van der Waals surface area (Å²) in [5.74, 6) is 0.800. The second kappa shape index (κ2) is 7.78. The van der Waals surface area contributed by atoms with Crippen LogP contribution < -0.4 is 4.74 Å². The van der Waals surface area contributed by atoms with Gasteiger partial charge in [-0.15, -0.1) is 0 Å². The van der Waals surface area contributed by atoms with Gasteiger partial charge in [0.1, 0.15) is 11.4 Å². The van der Waals surface area contributed by atoms with Crippen molar-refractivity contribution in [1.29, 1.82) is 5.26 Å². The van der Waals surface area contributed by atoms with Crippen molar-refractivity contribution in [3.63, 3.8) is 0 Å². The summed E-state index contributed by atoms with van der Waals surface area (Å²) < 4.78 is 14.2. The van der Waals surface area contributed by atoms with Crippen LogP contribution in [-0.4, -0.2) is 21.4 Å². The van der Waals surface area contributed by atoms with Gasteiger partial charge in [-0.2, -0.15) is 5.26 Å². The Balaban J connectivity index is 1.42. The Bertz CT molecular complexity index is 1580. The molecule has 2 atom stereocenters. The average Bonchev–Trinajstić information content (AvgIpc) is 3.44. The van der Waals surface area contributed by atoms with E-state index >= 15 is 0 Å². The van der Waals surface area contributed by atoms with E-state index < -0.39 is 11.2 Å². The largest absolute Gasteiger partial charge is 0.494 e. The van der Waals surface area contributed by atoms with E-state index in [9.17, 15) is 15.5 Å². The van der Waals surface area contributed by atoms with Crippen molar-refractivity contribution in [2.45, 2.75) is 51.2 Å². The summed E-state index contributed by atoms with van der Waals surface area (Å²) in [6.07, 6.45) is 2.03.